The summed E-state index contributed by atoms with van der Waals surface area (Å²) in [5, 5.41) is 3.93. The molecule has 0 atom stereocenters. The Bertz CT molecular complexity index is 269. The van der Waals surface area contributed by atoms with Crippen LogP contribution in [0.3, 0.4) is 0 Å². The van der Waals surface area contributed by atoms with Crippen LogP contribution in [0.1, 0.15) is 10.5 Å². The van der Waals surface area contributed by atoms with E-state index >= 15 is 0 Å². The fourth-order valence-corrected chi connectivity index (χ4v) is 0.832. The van der Waals surface area contributed by atoms with E-state index in [2.05, 4.69) is 9.84 Å². The number of carbonyl (C=O) groups is 1. The van der Waals surface area contributed by atoms with E-state index in [1.54, 1.807) is 16.9 Å². The van der Waals surface area contributed by atoms with Crippen molar-refractivity contribution in [2.75, 3.05) is 13.7 Å². The summed E-state index contributed by atoms with van der Waals surface area (Å²) in [5.74, 6) is -0.425. The van der Waals surface area contributed by atoms with Crippen LogP contribution in [0.4, 0.5) is 0 Å². The van der Waals surface area contributed by atoms with Crippen LogP contribution in [0.25, 0.3) is 0 Å². The van der Waals surface area contributed by atoms with E-state index in [0.717, 1.165) is 0 Å². The Kier molecular flexibility index (Phi) is 2.82. The van der Waals surface area contributed by atoms with Gasteiger partial charge in [0.25, 0.3) is 0 Å². The van der Waals surface area contributed by atoms with Crippen LogP contribution in [0, 0.1) is 0 Å². The largest absolute Gasteiger partial charge is 0.464 e. The molecule has 0 aromatic carbocycles. The number of nitrogens with two attached hydrogens (primary N) is 1. The van der Waals surface area contributed by atoms with Crippen LogP contribution in [0.15, 0.2) is 12.3 Å². The van der Waals surface area contributed by atoms with Gasteiger partial charge in [0.2, 0.25) is 0 Å². The van der Waals surface area contributed by atoms with Gasteiger partial charge in [0.05, 0.1) is 13.7 Å². The average molecular weight is 169 g/mol. The molecule has 1 aromatic rings. The predicted octanol–water partition coefficient (Wildman–Crippen LogP) is -0.372. The Morgan fingerprint density at radius 1 is 1.83 bits per heavy atom. The second kappa shape index (κ2) is 3.87. The molecule has 1 aromatic heterocycles. The minimum atomic E-state index is -0.425. The summed E-state index contributed by atoms with van der Waals surface area (Å²) in [7, 11) is 1.32. The summed E-state index contributed by atoms with van der Waals surface area (Å²) in [6, 6.07) is 1.60. The molecule has 0 saturated carbocycles. The van der Waals surface area contributed by atoms with Crippen LogP contribution in [0.5, 0.6) is 0 Å². The first-order valence-electron chi connectivity index (χ1n) is 3.59. The molecule has 0 amide bonds. The molecule has 0 aliphatic rings. The van der Waals surface area contributed by atoms with E-state index in [9.17, 15) is 4.79 Å². The molecule has 0 aliphatic carbocycles. The van der Waals surface area contributed by atoms with Crippen molar-refractivity contribution in [1.29, 1.82) is 0 Å². The molecule has 1 heterocycles. The van der Waals surface area contributed by atoms with Gasteiger partial charge in [0.15, 0.2) is 5.69 Å². The van der Waals surface area contributed by atoms with E-state index in [-0.39, 0.29) is 0 Å². The highest BCUT2D eigenvalue weighted by atomic mass is 16.5. The summed E-state index contributed by atoms with van der Waals surface area (Å²) in [6.45, 7) is 1.11. The van der Waals surface area contributed by atoms with Gasteiger partial charge in [-0.1, -0.05) is 0 Å². The maximum atomic E-state index is 10.9. The van der Waals surface area contributed by atoms with Crippen molar-refractivity contribution in [3.05, 3.63) is 18.0 Å². The lowest BCUT2D eigenvalue weighted by atomic mass is 10.4. The topological polar surface area (TPSA) is 70.1 Å². The minimum absolute atomic E-state index is 0.311. The Morgan fingerprint density at radius 3 is 3.17 bits per heavy atom. The molecular formula is C7H11N3O2. The first kappa shape index (κ1) is 8.73. The molecule has 5 nitrogen and oxygen atoms in total. The van der Waals surface area contributed by atoms with Gasteiger partial charge in [0.1, 0.15) is 0 Å². The van der Waals surface area contributed by atoms with Crippen molar-refractivity contribution < 1.29 is 9.53 Å². The highest BCUT2D eigenvalue weighted by Crippen LogP contribution is 1.96. The van der Waals surface area contributed by atoms with Crippen LogP contribution >= 0.6 is 0 Å². The Morgan fingerprint density at radius 2 is 2.58 bits per heavy atom. The van der Waals surface area contributed by atoms with Crippen molar-refractivity contribution in [3.8, 4) is 0 Å². The Balaban J connectivity index is 2.70. The molecule has 1 rings (SSSR count). The van der Waals surface area contributed by atoms with Crippen LogP contribution in [-0.4, -0.2) is 29.4 Å². The van der Waals surface area contributed by atoms with Crippen LogP contribution in [-0.2, 0) is 11.3 Å². The highest BCUT2D eigenvalue weighted by Gasteiger charge is 2.07. The molecule has 66 valence electrons. The summed E-state index contributed by atoms with van der Waals surface area (Å²) < 4.78 is 6.09. The summed E-state index contributed by atoms with van der Waals surface area (Å²) in [4.78, 5) is 10.9. The van der Waals surface area contributed by atoms with Gasteiger partial charge >= 0.3 is 5.97 Å². The summed E-state index contributed by atoms with van der Waals surface area (Å²) in [6.07, 6.45) is 1.69. The van der Waals surface area contributed by atoms with E-state index in [1.165, 1.54) is 7.11 Å². The minimum Gasteiger partial charge on any atom is -0.464 e. The number of ether oxygens (including phenoxy) is 1. The fraction of sp³-hybridized carbons (Fsp3) is 0.429. The van der Waals surface area contributed by atoms with Gasteiger partial charge in [-0.15, -0.1) is 0 Å². The van der Waals surface area contributed by atoms with Crippen molar-refractivity contribution in [1.82, 2.24) is 9.78 Å². The van der Waals surface area contributed by atoms with Crippen LogP contribution < -0.4 is 5.73 Å². The lowest BCUT2D eigenvalue weighted by Gasteiger charge is -1.95. The zero-order valence-corrected chi connectivity index (χ0v) is 6.86. The fourth-order valence-electron chi connectivity index (χ4n) is 0.832. The van der Waals surface area contributed by atoms with Gasteiger partial charge in [-0.05, 0) is 6.07 Å². The standard InChI is InChI=1S/C7H11N3O2/c1-12-7(11)6-2-4-10(9-6)5-3-8/h2,4H,3,5,8H2,1H3. The van der Waals surface area contributed by atoms with Gasteiger partial charge in [-0.3, -0.25) is 4.68 Å². The van der Waals surface area contributed by atoms with Crippen molar-refractivity contribution in [2.45, 2.75) is 6.54 Å². The average Bonchev–Trinajstić information content (AvgIpc) is 2.52. The smallest absolute Gasteiger partial charge is 0.358 e. The highest BCUT2D eigenvalue weighted by molar-refractivity contribution is 5.86. The third-order valence-electron chi connectivity index (χ3n) is 1.39. The normalized spacial score (nSPS) is 9.83. The third-order valence-corrected chi connectivity index (χ3v) is 1.39. The predicted molar refractivity (Wildman–Crippen MR) is 42.6 cm³/mol. The van der Waals surface area contributed by atoms with Crippen molar-refractivity contribution >= 4 is 5.97 Å². The molecule has 0 spiro atoms. The number of hydrogen-bond acceptors (Lipinski definition) is 4. The SMILES string of the molecule is COC(=O)c1ccn(CCN)n1. The number of nitrogens with zero attached hydrogens (tertiary/aromatic N) is 2. The first-order valence-corrected chi connectivity index (χ1v) is 3.59. The molecule has 0 fully saturated rings. The number of esters is 1. The van der Waals surface area contributed by atoms with E-state index in [4.69, 9.17) is 5.73 Å². The molecule has 0 saturated heterocycles. The number of rotatable bonds is 3. The zero-order valence-electron chi connectivity index (χ0n) is 6.86. The molecular weight excluding hydrogens is 158 g/mol. The number of methoxy groups -OCH3 is 1. The van der Waals surface area contributed by atoms with E-state index in [0.29, 0.717) is 18.8 Å². The molecule has 2 N–H and O–H groups in total. The molecule has 0 bridgehead atoms. The second-order valence-corrected chi connectivity index (χ2v) is 2.24. The lowest BCUT2D eigenvalue weighted by Crippen LogP contribution is -2.11. The van der Waals surface area contributed by atoms with Gasteiger partial charge in [-0.25, -0.2) is 4.79 Å². The van der Waals surface area contributed by atoms with Crippen molar-refractivity contribution in [3.63, 3.8) is 0 Å². The molecule has 12 heavy (non-hydrogen) atoms. The molecule has 5 heteroatoms. The lowest BCUT2D eigenvalue weighted by molar-refractivity contribution is 0.0593. The number of hydrogen-bond donors (Lipinski definition) is 1. The molecule has 0 unspecified atom stereocenters. The maximum absolute atomic E-state index is 10.9. The summed E-state index contributed by atoms with van der Waals surface area (Å²) >= 11 is 0. The molecule has 0 aliphatic heterocycles. The monoisotopic (exact) mass is 169 g/mol. The Hall–Kier alpha value is -1.36. The van der Waals surface area contributed by atoms with Crippen molar-refractivity contribution in [2.24, 2.45) is 5.73 Å². The molecule has 0 radical (unpaired) electrons. The quantitative estimate of drug-likeness (QED) is 0.626. The van der Waals surface area contributed by atoms with Crippen LogP contribution in [0.2, 0.25) is 0 Å². The summed E-state index contributed by atoms with van der Waals surface area (Å²) in [5.41, 5.74) is 5.61. The Labute approximate surface area is 70.1 Å². The van der Waals surface area contributed by atoms with Gasteiger partial charge in [0, 0.05) is 12.7 Å². The first-order chi connectivity index (χ1) is 5.77. The second-order valence-electron chi connectivity index (χ2n) is 2.24. The van der Waals surface area contributed by atoms with Gasteiger partial charge < -0.3 is 10.5 Å². The van der Waals surface area contributed by atoms with Gasteiger partial charge in [-0.2, -0.15) is 5.10 Å². The zero-order chi connectivity index (χ0) is 8.97. The van der Waals surface area contributed by atoms with E-state index in [1.807, 2.05) is 0 Å². The van der Waals surface area contributed by atoms with E-state index < -0.39 is 5.97 Å². The number of aromatic nitrogens is 2. The number of carbonyl (C=O) groups excluding carboxylic acids is 1. The third kappa shape index (κ3) is 1.82. The maximum Gasteiger partial charge on any atom is 0.358 e.